The molecule has 3 aromatic rings. The van der Waals surface area contributed by atoms with Gasteiger partial charge in [0.2, 0.25) is 0 Å². The molecule has 21 heavy (non-hydrogen) atoms. The number of hydrogen-bond acceptors (Lipinski definition) is 1. The zero-order chi connectivity index (χ0) is 14.5. The topological polar surface area (TPSA) is 27.8 Å². The predicted octanol–water partition coefficient (Wildman–Crippen LogP) is 4.45. The van der Waals surface area contributed by atoms with Gasteiger partial charge in [-0.1, -0.05) is 43.3 Å². The van der Waals surface area contributed by atoms with Crippen molar-refractivity contribution in [3.8, 4) is 0 Å². The van der Waals surface area contributed by atoms with Crippen molar-refractivity contribution in [2.75, 3.05) is 6.54 Å². The van der Waals surface area contributed by atoms with Gasteiger partial charge in [0.15, 0.2) is 0 Å². The first-order chi connectivity index (χ1) is 10.3. The SMILES string of the molecule is CC(CCNCc1ccc2[nH]ccc2c1)c1ccccc1. The Morgan fingerprint density at radius 1 is 1.05 bits per heavy atom. The van der Waals surface area contributed by atoms with Crippen LogP contribution in [-0.2, 0) is 6.54 Å². The summed E-state index contributed by atoms with van der Waals surface area (Å²) in [5.41, 5.74) is 3.97. The summed E-state index contributed by atoms with van der Waals surface area (Å²) >= 11 is 0. The maximum absolute atomic E-state index is 3.55. The summed E-state index contributed by atoms with van der Waals surface area (Å²) in [6.07, 6.45) is 3.15. The van der Waals surface area contributed by atoms with Crippen LogP contribution in [0, 0.1) is 0 Å². The Balaban J connectivity index is 1.47. The summed E-state index contributed by atoms with van der Waals surface area (Å²) in [6.45, 7) is 4.27. The number of aromatic nitrogens is 1. The highest BCUT2D eigenvalue weighted by Crippen LogP contribution is 2.18. The van der Waals surface area contributed by atoms with E-state index in [0.717, 1.165) is 19.5 Å². The molecule has 2 N–H and O–H groups in total. The van der Waals surface area contributed by atoms with E-state index >= 15 is 0 Å². The van der Waals surface area contributed by atoms with Crippen LogP contribution in [0.25, 0.3) is 10.9 Å². The Bertz CT molecular complexity index is 685. The molecule has 2 aromatic carbocycles. The van der Waals surface area contributed by atoms with Crippen molar-refractivity contribution < 1.29 is 0 Å². The third-order valence-electron chi connectivity index (χ3n) is 4.07. The molecule has 0 saturated heterocycles. The van der Waals surface area contributed by atoms with Gasteiger partial charge in [-0.25, -0.2) is 0 Å². The Morgan fingerprint density at radius 2 is 1.90 bits per heavy atom. The molecule has 0 spiro atoms. The largest absolute Gasteiger partial charge is 0.361 e. The van der Waals surface area contributed by atoms with Crippen LogP contribution in [0.4, 0.5) is 0 Å². The van der Waals surface area contributed by atoms with Crippen LogP contribution < -0.4 is 5.32 Å². The lowest BCUT2D eigenvalue weighted by Crippen LogP contribution is -2.16. The van der Waals surface area contributed by atoms with E-state index in [2.05, 4.69) is 71.8 Å². The van der Waals surface area contributed by atoms with Crippen molar-refractivity contribution in [3.05, 3.63) is 71.9 Å². The van der Waals surface area contributed by atoms with Crippen LogP contribution in [0.5, 0.6) is 0 Å². The van der Waals surface area contributed by atoms with Crippen LogP contribution in [-0.4, -0.2) is 11.5 Å². The molecule has 0 amide bonds. The van der Waals surface area contributed by atoms with Gasteiger partial charge in [0.05, 0.1) is 0 Å². The lowest BCUT2D eigenvalue weighted by atomic mass is 9.98. The van der Waals surface area contributed by atoms with Gasteiger partial charge in [-0.15, -0.1) is 0 Å². The molecule has 1 unspecified atom stereocenters. The average Bonchev–Trinajstić information content (AvgIpc) is 3.00. The van der Waals surface area contributed by atoms with E-state index in [4.69, 9.17) is 0 Å². The second-order valence-electron chi connectivity index (χ2n) is 5.68. The van der Waals surface area contributed by atoms with Crippen molar-refractivity contribution >= 4 is 10.9 Å². The Kier molecular flexibility index (Phi) is 4.37. The fourth-order valence-electron chi connectivity index (χ4n) is 2.71. The van der Waals surface area contributed by atoms with E-state index in [1.165, 1.54) is 22.0 Å². The molecule has 0 aliphatic heterocycles. The Morgan fingerprint density at radius 3 is 2.76 bits per heavy atom. The fourth-order valence-corrected chi connectivity index (χ4v) is 2.71. The molecule has 2 nitrogen and oxygen atoms in total. The lowest BCUT2D eigenvalue weighted by Gasteiger charge is -2.12. The zero-order valence-corrected chi connectivity index (χ0v) is 12.5. The average molecular weight is 278 g/mol. The molecule has 2 heteroatoms. The monoisotopic (exact) mass is 278 g/mol. The molecule has 0 saturated carbocycles. The Hall–Kier alpha value is -2.06. The van der Waals surface area contributed by atoms with Crippen molar-refractivity contribution in [2.45, 2.75) is 25.8 Å². The van der Waals surface area contributed by atoms with Gasteiger partial charge in [0, 0.05) is 18.3 Å². The fraction of sp³-hybridized carbons (Fsp3) is 0.263. The summed E-state index contributed by atoms with van der Waals surface area (Å²) in [4.78, 5) is 3.23. The third kappa shape index (κ3) is 3.53. The van der Waals surface area contributed by atoms with E-state index in [1.807, 2.05) is 6.20 Å². The molecule has 0 radical (unpaired) electrons. The number of nitrogens with one attached hydrogen (secondary N) is 2. The molecule has 0 bridgehead atoms. The predicted molar refractivity (Wildman–Crippen MR) is 89.5 cm³/mol. The molecule has 108 valence electrons. The van der Waals surface area contributed by atoms with Crippen LogP contribution >= 0.6 is 0 Å². The van der Waals surface area contributed by atoms with Gasteiger partial charge >= 0.3 is 0 Å². The van der Waals surface area contributed by atoms with E-state index < -0.39 is 0 Å². The van der Waals surface area contributed by atoms with Gasteiger partial charge in [-0.05, 0) is 53.6 Å². The van der Waals surface area contributed by atoms with Crippen LogP contribution in [0.1, 0.15) is 30.4 Å². The molecular formula is C19H22N2. The Labute approximate surface area is 126 Å². The molecule has 0 aliphatic rings. The number of rotatable bonds is 6. The second-order valence-corrected chi connectivity index (χ2v) is 5.68. The minimum atomic E-state index is 0.603. The molecule has 1 aromatic heterocycles. The number of benzene rings is 2. The first kappa shape index (κ1) is 13.9. The first-order valence-electron chi connectivity index (χ1n) is 7.64. The number of fused-ring (bicyclic) bond motifs is 1. The van der Waals surface area contributed by atoms with Crippen LogP contribution in [0.2, 0.25) is 0 Å². The van der Waals surface area contributed by atoms with E-state index in [9.17, 15) is 0 Å². The standard InChI is InChI=1S/C19H22N2/c1-15(17-5-3-2-4-6-17)9-11-20-14-16-7-8-19-18(13-16)10-12-21-19/h2-8,10,12-13,15,20-21H,9,11,14H2,1H3. The van der Waals surface area contributed by atoms with Crippen LogP contribution in [0.3, 0.4) is 0 Å². The smallest absolute Gasteiger partial charge is 0.0454 e. The molecule has 1 heterocycles. The quantitative estimate of drug-likeness (QED) is 0.640. The summed E-state index contributed by atoms with van der Waals surface area (Å²) in [5, 5.41) is 4.83. The zero-order valence-electron chi connectivity index (χ0n) is 12.5. The molecular weight excluding hydrogens is 256 g/mol. The van der Waals surface area contributed by atoms with Gasteiger partial charge in [-0.3, -0.25) is 0 Å². The summed E-state index contributed by atoms with van der Waals surface area (Å²) < 4.78 is 0. The van der Waals surface area contributed by atoms with E-state index in [0.29, 0.717) is 5.92 Å². The highest BCUT2D eigenvalue weighted by molar-refractivity contribution is 5.79. The highest BCUT2D eigenvalue weighted by Gasteiger charge is 2.04. The first-order valence-corrected chi connectivity index (χ1v) is 7.64. The number of aromatic amines is 1. The summed E-state index contributed by atoms with van der Waals surface area (Å²) in [6, 6.07) is 19.4. The number of hydrogen-bond donors (Lipinski definition) is 2. The van der Waals surface area contributed by atoms with Crippen molar-refractivity contribution in [1.29, 1.82) is 0 Å². The maximum Gasteiger partial charge on any atom is 0.0454 e. The highest BCUT2D eigenvalue weighted by atomic mass is 14.8. The van der Waals surface area contributed by atoms with Crippen molar-refractivity contribution in [2.24, 2.45) is 0 Å². The molecule has 1 atom stereocenters. The van der Waals surface area contributed by atoms with Gasteiger partial charge in [0.25, 0.3) is 0 Å². The molecule has 0 fully saturated rings. The van der Waals surface area contributed by atoms with Crippen LogP contribution in [0.15, 0.2) is 60.8 Å². The molecule has 3 rings (SSSR count). The van der Waals surface area contributed by atoms with Crippen molar-refractivity contribution in [3.63, 3.8) is 0 Å². The normalized spacial score (nSPS) is 12.6. The van der Waals surface area contributed by atoms with E-state index in [1.54, 1.807) is 0 Å². The maximum atomic E-state index is 3.55. The minimum Gasteiger partial charge on any atom is -0.361 e. The van der Waals surface area contributed by atoms with Crippen molar-refractivity contribution in [1.82, 2.24) is 10.3 Å². The minimum absolute atomic E-state index is 0.603. The van der Waals surface area contributed by atoms with Gasteiger partial charge < -0.3 is 10.3 Å². The third-order valence-corrected chi connectivity index (χ3v) is 4.07. The molecule has 0 aliphatic carbocycles. The summed E-state index contributed by atoms with van der Waals surface area (Å²) in [7, 11) is 0. The van der Waals surface area contributed by atoms with Gasteiger partial charge in [0.1, 0.15) is 0 Å². The lowest BCUT2D eigenvalue weighted by molar-refractivity contribution is 0.594. The van der Waals surface area contributed by atoms with Gasteiger partial charge in [-0.2, -0.15) is 0 Å². The number of H-pyrrole nitrogens is 1. The second kappa shape index (κ2) is 6.59. The summed E-state index contributed by atoms with van der Waals surface area (Å²) in [5.74, 6) is 0.603. The van der Waals surface area contributed by atoms with E-state index in [-0.39, 0.29) is 0 Å².